The fourth-order valence-corrected chi connectivity index (χ4v) is 2.36. The third-order valence-corrected chi connectivity index (χ3v) is 3.73. The van der Waals surface area contributed by atoms with E-state index in [1.54, 1.807) is 0 Å². The van der Waals surface area contributed by atoms with Crippen LogP contribution in [0.15, 0.2) is 59.7 Å². The molecule has 0 fully saturated rings. The van der Waals surface area contributed by atoms with Gasteiger partial charge in [-0.2, -0.15) is 0 Å². The van der Waals surface area contributed by atoms with Crippen molar-refractivity contribution in [3.8, 4) is 0 Å². The fourth-order valence-electron chi connectivity index (χ4n) is 2.36. The van der Waals surface area contributed by atoms with Gasteiger partial charge in [0.1, 0.15) is 0 Å². The van der Waals surface area contributed by atoms with Crippen LogP contribution in [-0.4, -0.2) is 6.54 Å². The Kier molecular flexibility index (Phi) is 5.80. The predicted octanol–water partition coefficient (Wildman–Crippen LogP) is 5.55. The number of hydrogen-bond donors (Lipinski definition) is 0. The summed E-state index contributed by atoms with van der Waals surface area (Å²) in [4.78, 5) is 2.85. The van der Waals surface area contributed by atoms with Gasteiger partial charge in [0.15, 0.2) is 0 Å². The molecule has 0 saturated heterocycles. The summed E-state index contributed by atoms with van der Waals surface area (Å²) >= 11 is 0. The first kappa shape index (κ1) is 17.1. The lowest BCUT2D eigenvalue weighted by molar-refractivity contribution is 0.0456. The SMILES string of the molecule is CC(C)(C)c1cccc(COC(CN=[N+]=[N-])c2ccccc2)c1. The lowest BCUT2D eigenvalue weighted by Crippen LogP contribution is -2.12. The molecule has 0 aliphatic rings. The molecule has 0 amide bonds. The molecule has 4 heteroatoms. The van der Waals surface area contributed by atoms with Crippen LogP contribution in [0.5, 0.6) is 0 Å². The molecule has 0 radical (unpaired) electrons. The van der Waals surface area contributed by atoms with E-state index in [4.69, 9.17) is 10.3 Å². The molecule has 2 rings (SSSR count). The molecular formula is C19H23N3O. The summed E-state index contributed by atoms with van der Waals surface area (Å²) < 4.78 is 6.02. The van der Waals surface area contributed by atoms with E-state index in [1.807, 2.05) is 30.3 Å². The van der Waals surface area contributed by atoms with E-state index in [2.05, 4.69) is 55.1 Å². The number of ether oxygens (including phenoxy) is 1. The van der Waals surface area contributed by atoms with Crippen molar-refractivity contribution in [3.05, 3.63) is 81.7 Å². The molecule has 120 valence electrons. The van der Waals surface area contributed by atoms with Crippen LogP contribution >= 0.6 is 0 Å². The smallest absolute Gasteiger partial charge is 0.0885 e. The van der Waals surface area contributed by atoms with E-state index < -0.39 is 0 Å². The summed E-state index contributed by atoms with van der Waals surface area (Å²) in [6, 6.07) is 18.3. The van der Waals surface area contributed by atoms with Crippen molar-refractivity contribution in [2.45, 2.75) is 38.9 Å². The molecule has 0 aromatic heterocycles. The number of rotatable bonds is 6. The van der Waals surface area contributed by atoms with Crippen molar-refractivity contribution in [1.29, 1.82) is 0 Å². The van der Waals surface area contributed by atoms with E-state index in [0.29, 0.717) is 13.2 Å². The van der Waals surface area contributed by atoms with E-state index in [1.165, 1.54) is 5.56 Å². The first-order valence-corrected chi connectivity index (χ1v) is 7.77. The van der Waals surface area contributed by atoms with Gasteiger partial charge in [0.05, 0.1) is 19.3 Å². The first-order valence-electron chi connectivity index (χ1n) is 7.77. The number of nitrogens with zero attached hydrogens (tertiary/aromatic N) is 3. The summed E-state index contributed by atoms with van der Waals surface area (Å²) in [6.45, 7) is 7.37. The van der Waals surface area contributed by atoms with Crippen molar-refractivity contribution < 1.29 is 4.74 Å². The van der Waals surface area contributed by atoms with Crippen LogP contribution in [0.1, 0.15) is 43.6 Å². The zero-order valence-electron chi connectivity index (χ0n) is 13.9. The molecule has 2 aromatic rings. The molecule has 0 bridgehead atoms. The Balaban J connectivity index is 2.11. The van der Waals surface area contributed by atoms with Crippen LogP contribution in [0.3, 0.4) is 0 Å². The lowest BCUT2D eigenvalue weighted by atomic mass is 9.86. The second kappa shape index (κ2) is 7.82. The number of benzene rings is 2. The van der Waals surface area contributed by atoms with Crippen molar-refractivity contribution in [2.75, 3.05) is 6.54 Å². The minimum atomic E-state index is -0.231. The molecule has 0 saturated carbocycles. The zero-order valence-corrected chi connectivity index (χ0v) is 13.9. The second-order valence-corrected chi connectivity index (χ2v) is 6.57. The molecule has 4 nitrogen and oxygen atoms in total. The molecule has 0 spiro atoms. The maximum atomic E-state index is 8.58. The largest absolute Gasteiger partial charge is 0.369 e. The fraction of sp³-hybridized carbons (Fsp3) is 0.368. The molecule has 2 aromatic carbocycles. The first-order chi connectivity index (χ1) is 11.0. The Morgan fingerprint density at radius 3 is 2.48 bits per heavy atom. The van der Waals surface area contributed by atoms with Crippen LogP contribution in [0.2, 0.25) is 0 Å². The van der Waals surface area contributed by atoms with Crippen LogP contribution < -0.4 is 0 Å². The van der Waals surface area contributed by atoms with Gasteiger partial charge in [0.25, 0.3) is 0 Å². The average Bonchev–Trinajstić information content (AvgIpc) is 2.55. The average molecular weight is 309 g/mol. The summed E-state index contributed by atoms with van der Waals surface area (Å²) in [5.74, 6) is 0. The van der Waals surface area contributed by atoms with Gasteiger partial charge in [0, 0.05) is 4.91 Å². The molecule has 1 unspecified atom stereocenters. The highest BCUT2D eigenvalue weighted by Crippen LogP contribution is 2.24. The van der Waals surface area contributed by atoms with Gasteiger partial charge in [-0.3, -0.25) is 0 Å². The topological polar surface area (TPSA) is 58.0 Å². The molecule has 1 atom stereocenters. The highest BCUT2D eigenvalue weighted by Gasteiger charge is 2.15. The van der Waals surface area contributed by atoms with Gasteiger partial charge in [-0.05, 0) is 27.6 Å². The zero-order chi connectivity index (χ0) is 16.7. The Morgan fingerprint density at radius 2 is 1.83 bits per heavy atom. The van der Waals surface area contributed by atoms with Crippen LogP contribution in [0, 0.1) is 0 Å². The van der Waals surface area contributed by atoms with Gasteiger partial charge in [-0.15, -0.1) is 0 Å². The highest BCUT2D eigenvalue weighted by atomic mass is 16.5. The lowest BCUT2D eigenvalue weighted by Gasteiger charge is -2.21. The second-order valence-electron chi connectivity index (χ2n) is 6.57. The van der Waals surface area contributed by atoms with Crippen molar-refractivity contribution >= 4 is 0 Å². The maximum Gasteiger partial charge on any atom is 0.0885 e. The van der Waals surface area contributed by atoms with Gasteiger partial charge in [-0.1, -0.05) is 80.5 Å². The molecule has 0 aliphatic heterocycles. The monoisotopic (exact) mass is 309 g/mol. The van der Waals surface area contributed by atoms with Crippen LogP contribution in [-0.2, 0) is 16.8 Å². The van der Waals surface area contributed by atoms with E-state index in [-0.39, 0.29) is 11.5 Å². The minimum Gasteiger partial charge on any atom is -0.369 e. The van der Waals surface area contributed by atoms with E-state index in [9.17, 15) is 0 Å². The normalized spacial score (nSPS) is 12.5. The third-order valence-electron chi connectivity index (χ3n) is 3.73. The summed E-state index contributed by atoms with van der Waals surface area (Å²) in [5, 5.41) is 3.67. The van der Waals surface area contributed by atoms with Gasteiger partial charge in [-0.25, -0.2) is 0 Å². The standard InChI is InChI=1S/C19H23N3O/c1-19(2,3)17-11-7-8-15(12-17)14-23-18(13-21-22-20)16-9-5-4-6-10-16/h4-12,18H,13-14H2,1-3H3. The molecule has 0 heterocycles. The van der Waals surface area contributed by atoms with Crippen LogP contribution in [0.4, 0.5) is 0 Å². The van der Waals surface area contributed by atoms with Crippen molar-refractivity contribution in [2.24, 2.45) is 5.11 Å². The summed E-state index contributed by atoms with van der Waals surface area (Å²) in [6.07, 6.45) is -0.231. The Morgan fingerprint density at radius 1 is 1.09 bits per heavy atom. The Hall–Kier alpha value is -2.29. The number of hydrogen-bond acceptors (Lipinski definition) is 2. The predicted molar refractivity (Wildman–Crippen MR) is 93.1 cm³/mol. The maximum absolute atomic E-state index is 8.58. The molecular weight excluding hydrogens is 286 g/mol. The van der Waals surface area contributed by atoms with Gasteiger partial charge in [0.2, 0.25) is 0 Å². The molecule has 23 heavy (non-hydrogen) atoms. The van der Waals surface area contributed by atoms with Crippen LogP contribution in [0.25, 0.3) is 10.4 Å². The Labute approximate surface area is 137 Å². The van der Waals surface area contributed by atoms with Gasteiger partial charge < -0.3 is 4.74 Å². The highest BCUT2D eigenvalue weighted by molar-refractivity contribution is 5.28. The summed E-state index contributed by atoms with van der Waals surface area (Å²) in [5.41, 5.74) is 12.1. The Bertz CT molecular complexity index is 671. The quantitative estimate of drug-likeness (QED) is 0.392. The third kappa shape index (κ3) is 5.13. The van der Waals surface area contributed by atoms with Crippen molar-refractivity contribution in [3.63, 3.8) is 0 Å². The van der Waals surface area contributed by atoms with Gasteiger partial charge >= 0.3 is 0 Å². The van der Waals surface area contributed by atoms with E-state index in [0.717, 1.165) is 11.1 Å². The molecule has 0 N–H and O–H groups in total. The number of azide groups is 1. The van der Waals surface area contributed by atoms with Crippen molar-refractivity contribution in [1.82, 2.24) is 0 Å². The van der Waals surface area contributed by atoms with E-state index >= 15 is 0 Å². The minimum absolute atomic E-state index is 0.111. The summed E-state index contributed by atoms with van der Waals surface area (Å²) in [7, 11) is 0. The molecule has 0 aliphatic carbocycles.